The normalized spacial score (nSPS) is 10.5. The molecule has 0 bridgehead atoms. The summed E-state index contributed by atoms with van der Waals surface area (Å²) in [6.07, 6.45) is 4.20. The van der Waals surface area contributed by atoms with Crippen LogP contribution in [0.5, 0.6) is 0 Å². The predicted octanol–water partition coefficient (Wildman–Crippen LogP) is 0.862. The van der Waals surface area contributed by atoms with Crippen LogP contribution in [0.15, 0.2) is 18.6 Å². The zero-order valence-corrected chi connectivity index (χ0v) is 11.1. The minimum atomic E-state index is -0.525. The maximum absolute atomic E-state index is 11.8. The van der Waals surface area contributed by atoms with Gasteiger partial charge in [-0.2, -0.15) is 10.2 Å². The summed E-state index contributed by atoms with van der Waals surface area (Å²) >= 11 is 0. The summed E-state index contributed by atoms with van der Waals surface area (Å²) in [5, 5.41) is 21.1. The van der Waals surface area contributed by atoms with Gasteiger partial charge in [0.2, 0.25) is 5.91 Å². The smallest absolute Gasteiger partial charge is 0.306 e. The van der Waals surface area contributed by atoms with Gasteiger partial charge in [-0.15, -0.1) is 0 Å². The van der Waals surface area contributed by atoms with Gasteiger partial charge < -0.3 is 5.32 Å². The van der Waals surface area contributed by atoms with Crippen LogP contribution in [-0.2, 0) is 18.4 Å². The van der Waals surface area contributed by atoms with E-state index in [-0.39, 0.29) is 24.6 Å². The van der Waals surface area contributed by atoms with Gasteiger partial charge in [-0.1, -0.05) is 0 Å². The Labute approximate surface area is 114 Å². The minimum Gasteiger partial charge on any atom is -0.323 e. The summed E-state index contributed by atoms with van der Waals surface area (Å²) in [4.78, 5) is 21.7. The average molecular weight is 278 g/mol. The van der Waals surface area contributed by atoms with Gasteiger partial charge in [-0.3, -0.25) is 24.3 Å². The molecule has 2 heterocycles. The lowest BCUT2D eigenvalue weighted by Gasteiger charge is -2.04. The van der Waals surface area contributed by atoms with E-state index in [0.29, 0.717) is 5.69 Å². The first-order valence-electron chi connectivity index (χ1n) is 5.92. The van der Waals surface area contributed by atoms with Crippen LogP contribution >= 0.6 is 0 Å². The van der Waals surface area contributed by atoms with Gasteiger partial charge in [0, 0.05) is 20.0 Å². The molecule has 0 aliphatic carbocycles. The number of amides is 1. The van der Waals surface area contributed by atoms with Crippen molar-refractivity contribution in [3.8, 4) is 0 Å². The zero-order valence-electron chi connectivity index (χ0n) is 11.1. The number of carbonyl (C=O) groups excluding carboxylic acids is 1. The minimum absolute atomic E-state index is 0.0893. The molecule has 0 spiro atoms. The summed E-state index contributed by atoms with van der Waals surface area (Å²) in [5.41, 5.74) is 1.42. The summed E-state index contributed by atoms with van der Waals surface area (Å²) in [5.74, 6) is -0.195. The van der Waals surface area contributed by atoms with Gasteiger partial charge in [0.25, 0.3) is 0 Å². The number of rotatable bonds is 5. The highest BCUT2D eigenvalue weighted by Gasteiger charge is 2.11. The monoisotopic (exact) mass is 278 g/mol. The molecule has 1 N–H and O–H groups in total. The molecule has 0 aromatic carbocycles. The first-order chi connectivity index (χ1) is 9.47. The lowest BCUT2D eigenvalue weighted by Crippen LogP contribution is -2.15. The predicted molar refractivity (Wildman–Crippen MR) is 70.1 cm³/mol. The maximum atomic E-state index is 11.8. The summed E-state index contributed by atoms with van der Waals surface area (Å²) in [7, 11) is 1.79. The summed E-state index contributed by atoms with van der Waals surface area (Å²) in [6.45, 7) is 2.12. The highest BCUT2D eigenvalue weighted by molar-refractivity contribution is 5.91. The van der Waals surface area contributed by atoms with Gasteiger partial charge in [-0.05, 0) is 6.92 Å². The Bertz CT molecular complexity index is 644. The lowest BCUT2D eigenvalue weighted by atomic mass is 10.3. The van der Waals surface area contributed by atoms with Crippen molar-refractivity contribution in [2.75, 3.05) is 5.32 Å². The van der Waals surface area contributed by atoms with E-state index in [4.69, 9.17) is 0 Å². The van der Waals surface area contributed by atoms with Crippen LogP contribution in [0.2, 0.25) is 0 Å². The van der Waals surface area contributed by atoms with E-state index in [0.717, 1.165) is 11.9 Å². The molecule has 0 fully saturated rings. The van der Waals surface area contributed by atoms with Crippen molar-refractivity contribution < 1.29 is 9.72 Å². The van der Waals surface area contributed by atoms with Crippen molar-refractivity contribution >= 4 is 17.3 Å². The molecule has 9 heteroatoms. The van der Waals surface area contributed by atoms with E-state index in [2.05, 4.69) is 15.5 Å². The van der Waals surface area contributed by atoms with Gasteiger partial charge in [0.05, 0.1) is 22.5 Å². The average Bonchev–Trinajstić information content (AvgIpc) is 2.99. The van der Waals surface area contributed by atoms with Gasteiger partial charge >= 0.3 is 5.69 Å². The first kappa shape index (κ1) is 13.7. The van der Waals surface area contributed by atoms with E-state index < -0.39 is 4.92 Å². The molecule has 0 radical (unpaired) electrons. The molecule has 0 saturated carbocycles. The maximum Gasteiger partial charge on any atom is 0.306 e. The van der Waals surface area contributed by atoms with Gasteiger partial charge in [0.1, 0.15) is 12.4 Å². The Balaban J connectivity index is 1.88. The highest BCUT2D eigenvalue weighted by atomic mass is 16.6. The number of carbonyl (C=O) groups is 1. The van der Waals surface area contributed by atoms with E-state index in [1.54, 1.807) is 17.9 Å². The van der Waals surface area contributed by atoms with Crippen molar-refractivity contribution in [2.24, 2.45) is 7.05 Å². The van der Waals surface area contributed by atoms with Gasteiger partial charge in [-0.25, -0.2) is 0 Å². The molecule has 2 rings (SSSR count). The number of nitro groups is 1. The molecule has 2 aromatic heterocycles. The topological polar surface area (TPSA) is 108 Å². The number of aromatic nitrogens is 4. The SMILES string of the molecule is Cc1c(NC(=O)CCn2cc([N+](=O)[O-])cn2)cnn1C. The zero-order chi connectivity index (χ0) is 14.7. The Kier molecular flexibility index (Phi) is 3.78. The molecular formula is C11H14N6O3. The second-order valence-electron chi connectivity index (χ2n) is 4.28. The van der Waals surface area contributed by atoms with Crippen LogP contribution in [-0.4, -0.2) is 30.4 Å². The third-order valence-corrected chi connectivity index (χ3v) is 2.91. The number of hydrogen-bond acceptors (Lipinski definition) is 5. The van der Waals surface area contributed by atoms with Crippen LogP contribution in [0, 0.1) is 17.0 Å². The Morgan fingerprint density at radius 1 is 1.45 bits per heavy atom. The molecule has 0 saturated heterocycles. The van der Waals surface area contributed by atoms with E-state index in [1.807, 2.05) is 6.92 Å². The lowest BCUT2D eigenvalue weighted by molar-refractivity contribution is -0.385. The Morgan fingerprint density at radius 3 is 2.75 bits per heavy atom. The molecule has 20 heavy (non-hydrogen) atoms. The molecule has 2 aromatic rings. The second-order valence-corrected chi connectivity index (χ2v) is 4.28. The van der Waals surface area contributed by atoms with Crippen molar-refractivity contribution in [3.63, 3.8) is 0 Å². The second kappa shape index (κ2) is 5.51. The molecule has 1 amide bonds. The number of aryl methyl sites for hydroxylation is 2. The van der Waals surface area contributed by atoms with E-state index in [9.17, 15) is 14.9 Å². The number of anilines is 1. The van der Waals surface area contributed by atoms with Crippen LogP contribution in [0.1, 0.15) is 12.1 Å². The summed E-state index contributed by atoms with van der Waals surface area (Å²) in [6, 6.07) is 0. The van der Waals surface area contributed by atoms with E-state index in [1.165, 1.54) is 10.9 Å². The van der Waals surface area contributed by atoms with Crippen LogP contribution in [0.25, 0.3) is 0 Å². The van der Waals surface area contributed by atoms with Crippen LogP contribution in [0.3, 0.4) is 0 Å². The number of nitrogens with zero attached hydrogens (tertiary/aromatic N) is 5. The van der Waals surface area contributed by atoms with Crippen molar-refractivity contribution in [1.29, 1.82) is 0 Å². The van der Waals surface area contributed by atoms with Crippen LogP contribution < -0.4 is 5.32 Å². The van der Waals surface area contributed by atoms with Gasteiger partial charge in [0.15, 0.2) is 0 Å². The van der Waals surface area contributed by atoms with Crippen molar-refractivity contribution in [1.82, 2.24) is 19.6 Å². The fourth-order valence-electron chi connectivity index (χ4n) is 1.62. The number of hydrogen-bond donors (Lipinski definition) is 1. The fraction of sp³-hybridized carbons (Fsp3) is 0.364. The summed E-state index contributed by atoms with van der Waals surface area (Å²) < 4.78 is 3.03. The quantitative estimate of drug-likeness (QED) is 0.644. The van der Waals surface area contributed by atoms with Crippen molar-refractivity contribution in [3.05, 3.63) is 34.4 Å². The molecule has 0 aliphatic rings. The first-order valence-corrected chi connectivity index (χ1v) is 5.92. The van der Waals surface area contributed by atoms with E-state index >= 15 is 0 Å². The van der Waals surface area contributed by atoms with Crippen molar-refractivity contribution in [2.45, 2.75) is 19.9 Å². The molecule has 0 unspecified atom stereocenters. The standard InChI is InChI=1S/C11H14N6O3/c1-8-10(6-12-15(8)2)14-11(18)3-4-16-7-9(5-13-16)17(19)20/h5-7H,3-4H2,1-2H3,(H,14,18). The Morgan fingerprint density at radius 2 is 2.20 bits per heavy atom. The molecule has 0 aliphatic heterocycles. The third-order valence-electron chi connectivity index (χ3n) is 2.91. The molecule has 106 valence electrons. The third kappa shape index (κ3) is 2.99. The molecular weight excluding hydrogens is 264 g/mol. The number of nitrogens with one attached hydrogen (secondary N) is 1. The molecule has 0 atom stereocenters. The Hall–Kier alpha value is -2.71. The van der Waals surface area contributed by atoms with Crippen LogP contribution in [0.4, 0.5) is 11.4 Å². The highest BCUT2D eigenvalue weighted by Crippen LogP contribution is 2.13. The molecule has 9 nitrogen and oxygen atoms in total. The largest absolute Gasteiger partial charge is 0.323 e. The fourth-order valence-corrected chi connectivity index (χ4v) is 1.62.